The SMILES string of the molecule is CCN1CCCC1CNC(=NC)N1CC(C)(C)C1(C)C.I. The van der Waals surface area contributed by atoms with Crippen LogP contribution in [-0.2, 0) is 0 Å². The molecule has 1 atom stereocenters. The fourth-order valence-electron chi connectivity index (χ4n) is 3.45. The van der Waals surface area contributed by atoms with Crippen molar-refractivity contribution in [3.63, 3.8) is 0 Å². The van der Waals surface area contributed by atoms with Crippen LogP contribution in [0.15, 0.2) is 4.99 Å². The predicted molar refractivity (Wildman–Crippen MR) is 102 cm³/mol. The number of guanidine groups is 1. The van der Waals surface area contributed by atoms with Gasteiger partial charge in [-0.05, 0) is 39.8 Å². The smallest absolute Gasteiger partial charge is 0.194 e. The molecule has 2 aliphatic heterocycles. The lowest BCUT2D eigenvalue weighted by atomic mass is 9.65. The molecule has 2 heterocycles. The Morgan fingerprint density at radius 3 is 2.43 bits per heavy atom. The molecule has 1 unspecified atom stereocenters. The van der Waals surface area contributed by atoms with Gasteiger partial charge in [-0.3, -0.25) is 9.89 Å². The van der Waals surface area contributed by atoms with Crippen LogP contribution in [0.5, 0.6) is 0 Å². The lowest BCUT2D eigenvalue weighted by Crippen LogP contribution is -2.72. The van der Waals surface area contributed by atoms with Crippen molar-refractivity contribution >= 4 is 29.9 Å². The number of rotatable bonds is 3. The van der Waals surface area contributed by atoms with Gasteiger partial charge in [0.1, 0.15) is 0 Å². The van der Waals surface area contributed by atoms with E-state index >= 15 is 0 Å². The van der Waals surface area contributed by atoms with Gasteiger partial charge >= 0.3 is 0 Å². The zero-order chi connectivity index (χ0) is 15.0. The molecule has 2 aliphatic rings. The molecule has 4 nitrogen and oxygen atoms in total. The van der Waals surface area contributed by atoms with E-state index in [1.807, 2.05) is 7.05 Å². The quantitative estimate of drug-likeness (QED) is 0.443. The van der Waals surface area contributed by atoms with Crippen molar-refractivity contribution in [3.8, 4) is 0 Å². The minimum absolute atomic E-state index is 0. The zero-order valence-corrected chi connectivity index (χ0v) is 16.9. The number of nitrogens with zero attached hydrogens (tertiary/aromatic N) is 3. The molecule has 0 aromatic carbocycles. The van der Waals surface area contributed by atoms with E-state index < -0.39 is 0 Å². The molecular formula is C16H33IN4. The van der Waals surface area contributed by atoms with Crippen molar-refractivity contribution in [1.82, 2.24) is 15.1 Å². The normalized spacial score (nSPS) is 28.0. The second-order valence-electron chi connectivity index (χ2n) is 7.38. The maximum atomic E-state index is 4.50. The van der Waals surface area contributed by atoms with Crippen LogP contribution in [0.4, 0.5) is 0 Å². The van der Waals surface area contributed by atoms with E-state index in [0.29, 0.717) is 11.5 Å². The van der Waals surface area contributed by atoms with Gasteiger partial charge in [0.15, 0.2) is 5.96 Å². The Hall–Kier alpha value is -0.0400. The van der Waals surface area contributed by atoms with Gasteiger partial charge in [0.2, 0.25) is 0 Å². The average molecular weight is 408 g/mol. The van der Waals surface area contributed by atoms with Crippen LogP contribution in [0, 0.1) is 5.41 Å². The Kier molecular flexibility index (Phi) is 6.36. The minimum Gasteiger partial charge on any atom is -0.355 e. The summed E-state index contributed by atoms with van der Waals surface area (Å²) in [5.41, 5.74) is 0.530. The highest BCUT2D eigenvalue weighted by atomic mass is 127. The third kappa shape index (κ3) is 3.49. The molecular weight excluding hydrogens is 375 g/mol. The van der Waals surface area contributed by atoms with Crippen molar-refractivity contribution in [2.24, 2.45) is 10.4 Å². The van der Waals surface area contributed by atoms with Gasteiger partial charge in [-0.25, -0.2) is 0 Å². The second kappa shape index (κ2) is 7.02. The summed E-state index contributed by atoms with van der Waals surface area (Å²) in [4.78, 5) is 9.49. The lowest BCUT2D eigenvalue weighted by molar-refractivity contribution is -0.0668. The first-order valence-electron chi connectivity index (χ1n) is 8.06. The fraction of sp³-hybridized carbons (Fsp3) is 0.938. The molecule has 0 radical (unpaired) electrons. The molecule has 1 N–H and O–H groups in total. The summed E-state index contributed by atoms with van der Waals surface area (Å²) in [7, 11) is 1.90. The van der Waals surface area contributed by atoms with Crippen molar-refractivity contribution < 1.29 is 0 Å². The topological polar surface area (TPSA) is 30.9 Å². The maximum Gasteiger partial charge on any atom is 0.194 e. The number of likely N-dealkylation sites (N-methyl/N-ethyl adjacent to an activating group) is 1. The molecule has 2 rings (SSSR count). The summed E-state index contributed by atoms with van der Waals surface area (Å²) in [6.07, 6.45) is 2.65. The van der Waals surface area contributed by atoms with E-state index in [2.05, 4.69) is 54.7 Å². The molecule has 0 aromatic heterocycles. The minimum atomic E-state index is 0. The first kappa shape index (κ1) is 19.0. The number of hydrogen-bond acceptors (Lipinski definition) is 2. The Balaban J connectivity index is 0.00000220. The van der Waals surface area contributed by atoms with E-state index in [-0.39, 0.29) is 29.5 Å². The molecule has 2 saturated heterocycles. The summed E-state index contributed by atoms with van der Waals surface area (Å²) in [6, 6.07) is 0.675. The number of nitrogens with one attached hydrogen (secondary N) is 1. The molecule has 0 amide bonds. The lowest BCUT2D eigenvalue weighted by Gasteiger charge is -2.62. The third-order valence-corrected chi connectivity index (χ3v) is 5.75. The highest BCUT2D eigenvalue weighted by Gasteiger charge is 2.53. The van der Waals surface area contributed by atoms with Crippen LogP contribution in [0.2, 0.25) is 0 Å². The van der Waals surface area contributed by atoms with Crippen LogP contribution in [0.1, 0.15) is 47.5 Å². The molecule has 0 saturated carbocycles. The van der Waals surface area contributed by atoms with E-state index in [1.54, 1.807) is 0 Å². The molecule has 21 heavy (non-hydrogen) atoms. The van der Waals surface area contributed by atoms with E-state index in [0.717, 1.165) is 25.6 Å². The standard InChI is InChI=1S/C16H32N4.HI/c1-7-19-10-8-9-13(19)11-18-14(17-6)20-12-15(2,3)16(20,4)5;/h13H,7-12H2,1-6H3,(H,17,18);1H. The van der Waals surface area contributed by atoms with Gasteiger partial charge in [0, 0.05) is 37.1 Å². The average Bonchev–Trinajstić information content (AvgIpc) is 2.85. The summed E-state index contributed by atoms with van der Waals surface area (Å²) in [6.45, 7) is 16.1. The highest BCUT2D eigenvalue weighted by Crippen LogP contribution is 2.46. The first-order valence-corrected chi connectivity index (χ1v) is 8.06. The molecule has 5 heteroatoms. The van der Waals surface area contributed by atoms with Crippen molar-refractivity contribution in [2.75, 3.05) is 33.2 Å². The fourth-order valence-corrected chi connectivity index (χ4v) is 3.45. The van der Waals surface area contributed by atoms with Gasteiger partial charge < -0.3 is 10.2 Å². The number of halogens is 1. The van der Waals surface area contributed by atoms with Crippen molar-refractivity contribution in [2.45, 2.75) is 59.0 Å². The monoisotopic (exact) mass is 408 g/mol. The van der Waals surface area contributed by atoms with E-state index in [9.17, 15) is 0 Å². The summed E-state index contributed by atoms with van der Waals surface area (Å²) < 4.78 is 0. The van der Waals surface area contributed by atoms with Crippen LogP contribution in [0.25, 0.3) is 0 Å². The zero-order valence-electron chi connectivity index (χ0n) is 14.6. The van der Waals surface area contributed by atoms with E-state index in [4.69, 9.17) is 0 Å². The Bertz CT molecular complexity index is 378. The first-order chi connectivity index (χ1) is 9.33. The van der Waals surface area contributed by atoms with Crippen LogP contribution >= 0.6 is 24.0 Å². The Morgan fingerprint density at radius 2 is 1.95 bits per heavy atom. The molecule has 2 fully saturated rings. The Morgan fingerprint density at radius 1 is 1.29 bits per heavy atom. The Labute approximate surface area is 147 Å². The highest BCUT2D eigenvalue weighted by molar-refractivity contribution is 14.0. The van der Waals surface area contributed by atoms with Gasteiger partial charge in [0.25, 0.3) is 0 Å². The van der Waals surface area contributed by atoms with Gasteiger partial charge in [0.05, 0.1) is 0 Å². The van der Waals surface area contributed by atoms with Crippen molar-refractivity contribution in [3.05, 3.63) is 0 Å². The van der Waals surface area contributed by atoms with Crippen LogP contribution in [0.3, 0.4) is 0 Å². The molecule has 124 valence electrons. The van der Waals surface area contributed by atoms with Gasteiger partial charge in [-0.2, -0.15) is 0 Å². The molecule has 0 bridgehead atoms. The number of likely N-dealkylation sites (tertiary alicyclic amines) is 2. The van der Waals surface area contributed by atoms with Crippen LogP contribution < -0.4 is 5.32 Å². The summed E-state index contributed by atoms with van der Waals surface area (Å²) in [5.74, 6) is 1.07. The summed E-state index contributed by atoms with van der Waals surface area (Å²) in [5, 5.41) is 3.61. The number of hydrogen-bond donors (Lipinski definition) is 1. The van der Waals surface area contributed by atoms with Crippen molar-refractivity contribution in [1.29, 1.82) is 0 Å². The number of aliphatic imine (C=N–C) groups is 1. The second-order valence-corrected chi connectivity index (χ2v) is 7.38. The van der Waals surface area contributed by atoms with Gasteiger partial charge in [-0.15, -0.1) is 24.0 Å². The largest absolute Gasteiger partial charge is 0.355 e. The molecule has 0 spiro atoms. The summed E-state index contributed by atoms with van der Waals surface area (Å²) >= 11 is 0. The van der Waals surface area contributed by atoms with E-state index in [1.165, 1.54) is 19.4 Å². The molecule has 0 aliphatic carbocycles. The third-order valence-electron chi connectivity index (χ3n) is 5.75. The molecule has 0 aromatic rings. The predicted octanol–water partition coefficient (Wildman–Crippen LogP) is 2.78. The van der Waals surface area contributed by atoms with Crippen LogP contribution in [-0.4, -0.2) is 60.6 Å². The maximum absolute atomic E-state index is 4.50. The van der Waals surface area contributed by atoms with Gasteiger partial charge in [-0.1, -0.05) is 20.8 Å².